The molecule has 1 aromatic carbocycles. The van der Waals surface area contributed by atoms with Gasteiger partial charge in [-0.2, -0.15) is 5.26 Å². The van der Waals surface area contributed by atoms with Gasteiger partial charge < -0.3 is 14.5 Å². The first-order valence-electron chi connectivity index (χ1n) is 15.5. The Morgan fingerprint density at radius 2 is 2.07 bits per heavy atom. The van der Waals surface area contributed by atoms with Crippen LogP contribution in [0.25, 0.3) is 0 Å². The van der Waals surface area contributed by atoms with Crippen LogP contribution < -0.4 is 10.6 Å². The highest BCUT2D eigenvalue weighted by atomic mass is 32.2. The monoisotopic (exact) mass is 592 g/mol. The number of hydrogen-bond donors (Lipinski definition) is 2. The van der Waals surface area contributed by atoms with Crippen LogP contribution in [0.15, 0.2) is 41.8 Å². The summed E-state index contributed by atoms with van der Waals surface area (Å²) >= 11 is 1.77. The molecule has 3 saturated heterocycles. The summed E-state index contributed by atoms with van der Waals surface area (Å²) in [4.78, 5) is 34.9. The van der Waals surface area contributed by atoms with Crippen molar-refractivity contribution in [2.24, 2.45) is 5.92 Å². The second-order valence-electron chi connectivity index (χ2n) is 12.8. The van der Waals surface area contributed by atoms with Gasteiger partial charge in [0.2, 0.25) is 5.91 Å². The molecule has 1 saturated carbocycles. The van der Waals surface area contributed by atoms with E-state index in [1.807, 2.05) is 0 Å². The number of nitriles is 1. The summed E-state index contributed by atoms with van der Waals surface area (Å²) < 4.78 is 6.03. The van der Waals surface area contributed by atoms with E-state index >= 15 is 0 Å². The van der Waals surface area contributed by atoms with E-state index in [0.717, 1.165) is 32.2 Å². The number of likely N-dealkylation sites (tertiary alicyclic amines) is 1. The van der Waals surface area contributed by atoms with Crippen LogP contribution in [0.5, 0.6) is 0 Å². The molecule has 0 bridgehead atoms. The van der Waals surface area contributed by atoms with E-state index in [0.29, 0.717) is 38.2 Å². The Morgan fingerprint density at radius 3 is 2.83 bits per heavy atom. The minimum absolute atomic E-state index is 0.0644. The van der Waals surface area contributed by atoms with E-state index in [2.05, 4.69) is 71.3 Å². The summed E-state index contributed by atoms with van der Waals surface area (Å²) in [6, 6.07) is 10.6. The number of benzene rings is 1. The molecule has 1 aromatic rings. The molecule has 0 radical (unpaired) electrons. The number of piperazine rings is 1. The van der Waals surface area contributed by atoms with Crippen LogP contribution in [0, 0.1) is 17.2 Å². The van der Waals surface area contributed by atoms with Gasteiger partial charge in [0.15, 0.2) is 12.1 Å². The molecule has 42 heavy (non-hydrogen) atoms. The molecule has 1 aliphatic carbocycles. The van der Waals surface area contributed by atoms with Crippen molar-refractivity contribution in [1.82, 2.24) is 25.3 Å². The number of carbonyl (C=O) groups excluding carboxylic acids is 2. The first kappa shape index (κ1) is 29.8. The maximum absolute atomic E-state index is 14.6. The number of fused-ring (bicyclic) bond motifs is 2. The van der Waals surface area contributed by atoms with Crippen molar-refractivity contribution >= 4 is 23.5 Å². The maximum Gasteiger partial charge on any atom is 0.246 e. The van der Waals surface area contributed by atoms with Crippen LogP contribution >= 0.6 is 11.8 Å². The van der Waals surface area contributed by atoms with Crippen LogP contribution in [0.2, 0.25) is 0 Å². The SMILES string of the molecule is C=CC(=O)N1CCN(C2NC(OCC3CCCN3C)NC3C(=O)[C@]4(CCC32)CC(C)c2ccccc2S4)CC1CC#N. The third-order valence-electron chi connectivity index (χ3n) is 10.3. The number of Topliss-reactive ketones (excluding diaryl/α,β-unsaturated/α-hetero) is 1. The van der Waals surface area contributed by atoms with E-state index in [-0.39, 0.29) is 42.3 Å². The Bertz CT molecular complexity index is 1240. The molecule has 9 nitrogen and oxygen atoms in total. The van der Waals surface area contributed by atoms with Crippen LogP contribution in [-0.2, 0) is 14.3 Å². The van der Waals surface area contributed by atoms with Crippen LogP contribution in [0.1, 0.15) is 56.9 Å². The quantitative estimate of drug-likeness (QED) is 0.483. The van der Waals surface area contributed by atoms with Crippen LogP contribution in [-0.4, -0.2) is 102 Å². The van der Waals surface area contributed by atoms with Crippen LogP contribution in [0.3, 0.4) is 0 Å². The zero-order valence-electron chi connectivity index (χ0n) is 24.8. The maximum atomic E-state index is 14.6. The number of thioether (sulfide) groups is 1. The van der Waals surface area contributed by atoms with Gasteiger partial charge in [0.1, 0.15) is 0 Å². The molecule has 226 valence electrons. The zero-order chi connectivity index (χ0) is 29.4. The van der Waals surface area contributed by atoms with E-state index in [9.17, 15) is 14.9 Å². The lowest BCUT2D eigenvalue weighted by atomic mass is 9.70. The van der Waals surface area contributed by atoms with Gasteiger partial charge in [-0.3, -0.25) is 25.1 Å². The minimum Gasteiger partial charge on any atom is -0.348 e. The van der Waals surface area contributed by atoms with Crippen molar-refractivity contribution in [3.63, 3.8) is 0 Å². The third-order valence-corrected chi connectivity index (χ3v) is 11.9. The molecule has 6 rings (SSSR count). The summed E-state index contributed by atoms with van der Waals surface area (Å²) in [5.41, 5.74) is 1.34. The predicted octanol–water partition coefficient (Wildman–Crippen LogP) is 2.90. The van der Waals surface area contributed by atoms with Crippen molar-refractivity contribution in [3.8, 4) is 6.07 Å². The number of carbonyl (C=O) groups is 2. The average molecular weight is 593 g/mol. The summed E-state index contributed by atoms with van der Waals surface area (Å²) in [5.74, 6) is 0.547. The van der Waals surface area contributed by atoms with Gasteiger partial charge >= 0.3 is 0 Å². The lowest BCUT2D eigenvalue weighted by molar-refractivity contribution is -0.145. The number of rotatable bonds is 6. The molecule has 1 spiro atoms. The lowest BCUT2D eigenvalue weighted by Gasteiger charge is -2.55. The molecule has 0 aromatic heterocycles. The van der Waals surface area contributed by atoms with Gasteiger partial charge in [-0.1, -0.05) is 31.7 Å². The highest BCUT2D eigenvalue weighted by molar-refractivity contribution is 8.01. The van der Waals surface area contributed by atoms with Crippen LogP contribution in [0.4, 0.5) is 0 Å². The van der Waals surface area contributed by atoms with E-state index < -0.39 is 11.1 Å². The van der Waals surface area contributed by atoms with Gasteiger partial charge in [0, 0.05) is 36.5 Å². The second kappa shape index (κ2) is 12.4. The first-order valence-corrected chi connectivity index (χ1v) is 16.4. The number of hydrogen-bond acceptors (Lipinski definition) is 9. The Morgan fingerprint density at radius 1 is 1.24 bits per heavy atom. The lowest BCUT2D eigenvalue weighted by Crippen LogP contribution is -2.75. The molecular weight excluding hydrogens is 548 g/mol. The largest absolute Gasteiger partial charge is 0.348 e. The topological polar surface area (TPSA) is 101 Å². The van der Waals surface area contributed by atoms with Crippen molar-refractivity contribution in [2.45, 2.75) is 91.7 Å². The highest BCUT2D eigenvalue weighted by Gasteiger charge is 2.56. The average Bonchev–Trinajstić information content (AvgIpc) is 3.42. The molecule has 7 unspecified atom stereocenters. The summed E-state index contributed by atoms with van der Waals surface area (Å²) in [6.07, 6.45) is 5.94. The number of nitrogens with one attached hydrogen (secondary N) is 2. The van der Waals surface area contributed by atoms with Gasteiger partial charge in [-0.15, -0.1) is 11.8 Å². The fourth-order valence-electron chi connectivity index (χ4n) is 8.03. The summed E-state index contributed by atoms with van der Waals surface area (Å²) in [5, 5.41) is 16.9. The fourth-order valence-corrected chi connectivity index (χ4v) is 9.76. The number of nitrogens with zero attached hydrogens (tertiary/aromatic N) is 4. The third kappa shape index (κ3) is 5.56. The molecule has 5 aliphatic rings. The molecule has 4 fully saturated rings. The number of amides is 1. The molecule has 8 atom stereocenters. The van der Waals surface area contributed by atoms with E-state index in [4.69, 9.17) is 4.74 Å². The second-order valence-corrected chi connectivity index (χ2v) is 14.2. The molecule has 4 aliphatic heterocycles. The van der Waals surface area contributed by atoms with Crippen molar-refractivity contribution in [3.05, 3.63) is 42.5 Å². The predicted molar refractivity (Wildman–Crippen MR) is 163 cm³/mol. The summed E-state index contributed by atoms with van der Waals surface area (Å²) in [7, 11) is 2.15. The number of ether oxygens (including phenoxy) is 1. The Kier molecular flexibility index (Phi) is 8.79. The van der Waals surface area contributed by atoms with Gasteiger partial charge in [0.25, 0.3) is 0 Å². The zero-order valence-corrected chi connectivity index (χ0v) is 25.7. The highest BCUT2D eigenvalue weighted by Crippen LogP contribution is 2.54. The minimum atomic E-state index is -0.454. The van der Waals surface area contributed by atoms with Gasteiger partial charge in [-0.25, -0.2) is 0 Å². The Balaban J connectivity index is 1.25. The van der Waals surface area contributed by atoms with Gasteiger partial charge in [-0.05, 0) is 69.3 Å². The van der Waals surface area contributed by atoms with E-state index in [1.54, 1.807) is 16.7 Å². The Hall–Kier alpha value is -2.26. The number of ketones is 1. The molecular formula is C32H44N6O3S. The Labute approximate surface area is 254 Å². The van der Waals surface area contributed by atoms with Crippen molar-refractivity contribution < 1.29 is 14.3 Å². The van der Waals surface area contributed by atoms with Gasteiger partial charge in [0.05, 0.1) is 42.1 Å². The normalized spacial score (nSPS) is 37.2. The van der Waals surface area contributed by atoms with Crippen molar-refractivity contribution in [2.75, 3.05) is 39.8 Å². The van der Waals surface area contributed by atoms with E-state index in [1.165, 1.54) is 23.0 Å². The smallest absolute Gasteiger partial charge is 0.246 e. The molecule has 2 N–H and O–H groups in total. The van der Waals surface area contributed by atoms with Crippen molar-refractivity contribution in [1.29, 1.82) is 5.26 Å². The summed E-state index contributed by atoms with van der Waals surface area (Å²) in [6.45, 7) is 9.36. The first-order chi connectivity index (χ1) is 20.3. The molecule has 10 heteroatoms. The number of likely N-dealkylation sites (N-methyl/N-ethyl adjacent to an activating group) is 1. The molecule has 4 heterocycles. The fraction of sp³-hybridized carbons (Fsp3) is 0.656. The standard InChI is InChI=1S/C32H44N6O3S/c1-4-27(39)38-17-16-37(19-22(38)12-14-33)30-25-11-13-32(18-21(2)24-9-5-6-10-26(24)42-32)29(40)28(25)34-31(35-30)41-20-23-8-7-15-36(23)3/h4-6,9-10,21-23,25,28,30-31,34-35H,1,7-8,11-13,15-20H2,2-3H3/t21?,22?,23?,25?,28?,30?,31?,32-/m0/s1. The molecule has 1 amide bonds.